The number of Topliss-reactive ketones (excluding diaryl/α,β-unsaturated/α-hetero) is 1. The van der Waals surface area contributed by atoms with E-state index < -0.39 is 48.2 Å². The van der Waals surface area contributed by atoms with Gasteiger partial charge >= 0.3 is 17.9 Å². The molecular formula is C35H56O9. The molecule has 1 aliphatic rings. The van der Waals surface area contributed by atoms with Crippen LogP contribution in [0.25, 0.3) is 0 Å². The third-order valence-electron chi connectivity index (χ3n) is 8.09. The van der Waals surface area contributed by atoms with Crippen LogP contribution in [0.15, 0.2) is 34.9 Å². The molecule has 44 heavy (non-hydrogen) atoms. The van der Waals surface area contributed by atoms with E-state index in [0.29, 0.717) is 5.57 Å². The number of aliphatic hydroxyl groups excluding tert-OH is 2. The number of hydrogen-bond donors (Lipinski definition) is 2. The zero-order valence-electron chi connectivity index (χ0n) is 28.1. The van der Waals surface area contributed by atoms with Crippen LogP contribution < -0.4 is 0 Å². The minimum atomic E-state index is -1.59. The molecule has 1 aliphatic heterocycles. The Morgan fingerprint density at radius 3 is 2.09 bits per heavy atom. The van der Waals surface area contributed by atoms with Crippen LogP contribution in [0.2, 0.25) is 0 Å². The Morgan fingerprint density at radius 1 is 0.909 bits per heavy atom. The number of ether oxygens (including phenoxy) is 3. The summed E-state index contributed by atoms with van der Waals surface area (Å²) in [5.41, 5.74) is 1.52. The summed E-state index contributed by atoms with van der Waals surface area (Å²) in [7, 11) is 0. The first-order chi connectivity index (χ1) is 20.7. The van der Waals surface area contributed by atoms with Crippen molar-refractivity contribution in [2.45, 2.75) is 138 Å². The Balaban J connectivity index is 2.66. The lowest BCUT2D eigenvalue weighted by molar-refractivity contribution is -0.203. The highest BCUT2D eigenvalue weighted by molar-refractivity contribution is 5.99. The summed E-state index contributed by atoms with van der Waals surface area (Å²) in [5.74, 6) is -3.20. The number of carbonyl (C=O) groups excluding carboxylic acids is 4. The van der Waals surface area contributed by atoms with E-state index >= 15 is 0 Å². The molecule has 1 fully saturated rings. The van der Waals surface area contributed by atoms with Gasteiger partial charge in [-0.2, -0.15) is 0 Å². The van der Waals surface area contributed by atoms with Crippen molar-refractivity contribution in [3.63, 3.8) is 0 Å². The highest BCUT2D eigenvalue weighted by Gasteiger charge is 2.44. The Hall–Kier alpha value is -2.78. The SMILES string of the molecule is CCCCCCCCCC[C@H](C)[C@@H](O)[C@@H](C)/C=C(C)/C=C(\C)C(=O)[C@H](C)/C=C(\C)C(=O)O[C@@H]1COC(=O)[C@@H](OC(C)=O)[C@@H]1O. The molecule has 1 saturated heterocycles. The zero-order chi connectivity index (χ0) is 33.4. The van der Waals surface area contributed by atoms with Gasteiger partial charge in [-0.15, -0.1) is 0 Å². The zero-order valence-corrected chi connectivity index (χ0v) is 28.1. The highest BCUT2D eigenvalue weighted by Crippen LogP contribution is 2.23. The van der Waals surface area contributed by atoms with Crippen LogP contribution in [0.1, 0.15) is 113 Å². The molecule has 1 rings (SSSR count). The smallest absolute Gasteiger partial charge is 0.350 e. The van der Waals surface area contributed by atoms with Crippen molar-refractivity contribution in [1.29, 1.82) is 0 Å². The topological polar surface area (TPSA) is 136 Å². The van der Waals surface area contributed by atoms with Crippen molar-refractivity contribution in [2.75, 3.05) is 6.61 Å². The van der Waals surface area contributed by atoms with Crippen LogP contribution >= 0.6 is 0 Å². The lowest BCUT2D eigenvalue weighted by Crippen LogP contribution is -2.54. The Morgan fingerprint density at radius 2 is 1.50 bits per heavy atom. The van der Waals surface area contributed by atoms with E-state index in [1.54, 1.807) is 19.9 Å². The lowest BCUT2D eigenvalue weighted by atomic mass is 9.88. The fourth-order valence-electron chi connectivity index (χ4n) is 5.45. The van der Waals surface area contributed by atoms with Gasteiger partial charge in [-0.25, -0.2) is 9.59 Å². The van der Waals surface area contributed by atoms with Gasteiger partial charge in [0, 0.05) is 24.3 Å². The third kappa shape index (κ3) is 13.9. The predicted molar refractivity (Wildman–Crippen MR) is 169 cm³/mol. The van der Waals surface area contributed by atoms with E-state index in [9.17, 15) is 29.4 Å². The fraction of sp³-hybridized carbons (Fsp3) is 0.714. The largest absolute Gasteiger partial charge is 0.459 e. The van der Waals surface area contributed by atoms with Crippen molar-refractivity contribution in [2.24, 2.45) is 17.8 Å². The van der Waals surface area contributed by atoms with E-state index in [1.165, 1.54) is 57.9 Å². The van der Waals surface area contributed by atoms with E-state index in [1.807, 2.05) is 19.9 Å². The molecule has 0 saturated carbocycles. The number of hydrogen-bond acceptors (Lipinski definition) is 9. The summed E-state index contributed by atoms with van der Waals surface area (Å²) in [6.45, 7) is 13.8. The van der Waals surface area contributed by atoms with Crippen LogP contribution in [-0.2, 0) is 33.4 Å². The maximum absolute atomic E-state index is 13.0. The van der Waals surface area contributed by atoms with E-state index in [0.717, 1.165) is 25.3 Å². The number of rotatable bonds is 19. The average molecular weight is 621 g/mol. The first kappa shape index (κ1) is 39.2. The summed E-state index contributed by atoms with van der Waals surface area (Å²) in [5, 5.41) is 21.2. The third-order valence-corrected chi connectivity index (χ3v) is 8.09. The molecule has 2 N–H and O–H groups in total. The summed E-state index contributed by atoms with van der Waals surface area (Å²) < 4.78 is 15.0. The quantitative estimate of drug-likeness (QED) is 0.0590. The molecule has 0 aromatic rings. The maximum atomic E-state index is 13.0. The predicted octanol–water partition coefficient (Wildman–Crippen LogP) is 5.96. The molecule has 9 nitrogen and oxygen atoms in total. The van der Waals surface area contributed by atoms with Crippen molar-refractivity contribution >= 4 is 23.7 Å². The second-order valence-electron chi connectivity index (χ2n) is 12.4. The fourth-order valence-corrected chi connectivity index (χ4v) is 5.45. The number of carbonyl (C=O) groups is 4. The van der Waals surface area contributed by atoms with Gasteiger partial charge in [0.1, 0.15) is 12.7 Å². The monoisotopic (exact) mass is 620 g/mol. The maximum Gasteiger partial charge on any atom is 0.350 e. The van der Waals surface area contributed by atoms with Crippen LogP contribution in [-0.4, -0.2) is 64.9 Å². The van der Waals surface area contributed by atoms with Crippen molar-refractivity contribution < 1.29 is 43.6 Å². The van der Waals surface area contributed by atoms with Gasteiger partial charge in [-0.05, 0) is 38.7 Å². The number of aliphatic hydroxyl groups is 2. The summed E-state index contributed by atoms with van der Waals surface area (Å²) in [6.07, 6.45) is 11.5. The number of allylic oxidation sites excluding steroid dienone is 4. The van der Waals surface area contributed by atoms with Gasteiger partial charge in [0.2, 0.25) is 6.10 Å². The molecule has 9 heteroatoms. The van der Waals surface area contributed by atoms with Crippen LogP contribution in [0.3, 0.4) is 0 Å². The molecule has 0 aliphatic carbocycles. The van der Waals surface area contributed by atoms with Crippen LogP contribution in [0.4, 0.5) is 0 Å². The second-order valence-corrected chi connectivity index (χ2v) is 12.4. The number of ketones is 1. The molecular weight excluding hydrogens is 564 g/mol. The molecule has 0 aromatic carbocycles. The van der Waals surface area contributed by atoms with Crippen molar-refractivity contribution in [1.82, 2.24) is 0 Å². The molecule has 0 bridgehead atoms. The van der Waals surface area contributed by atoms with Crippen LogP contribution in [0, 0.1) is 17.8 Å². The van der Waals surface area contributed by atoms with Crippen molar-refractivity contribution in [3.05, 3.63) is 34.9 Å². The van der Waals surface area contributed by atoms with E-state index in [-0.39, 0.29) is 29.8 Å². The Bertz CT molecular complexity index is 1040. The molecule has 1 heterocycles. The van der Waals surface area contributed by atoms with Crippen molar-refractivity contribution in [3.8, 4) is 0 Å². The first-order valence-electron chi connectivity index (χ1n) is 16.2. The summed E-state index contributed by atoms with van der Waals surface area (Å²) in [4.78, 5) is 48.7. The van der Waals surface area contributed by atoms with Gasteiger partial charge < -0.3 is 24.4 Å². The molecule has 0 unspecified atom stereocenters. The Labute approximate surface area is 264 Å². The van der Waals surface area contributed by atoms with Gasteiger partial charge in [0.15, 0.2) is 11.9 Å². The van der Waals surface area contributed by atoms with Gasteiger partial charge in [-0.1, -0.05) is 103 Å². The average Bonchev–Trinajstić information content (AvgIpc) is 2.96. The van der Waals surface area contributed by atoms with Crippen LogP contribution in [0.5, 0.6) is 0 Å². The standard InChI is InChI=1S/C35H56O9/c1-9-10-11-12-13-14-15-16-17-23(3)30(37)24(4)18-22(2)19-25(5)31(38)26(6)20-27(7)34(40)44-29-21-42-35(41)33(32(29)39)43-28(8)36/h18-20,23-24,26,29-30,32-33,37,39H,9-17,21H2,1-8H3/b22-18+,25-19+,27-20+/t23-,24-,26+,29+,30+,32+,33-/m0/s1. The summed E-state index contributed by atoms with van der Waals surface area (Å²) in [6, 6.07) is 0. The van der Waals surface area contributed by atoms with Gasteiger partial charge in [0.25, 0.3) is 0 Å². The minimum Gasteiger partial charge on any atom is -0.459 e. The van der Waals surface area contributed by atoms with E-state index in [4.69, 9.17) is 14.2 Å². The minimum absolute atomic E-state index is 0.0672. The number of esters is 3. The van der Waals surface area contributed by atoms with Gasteiger partial charge in [-0.3, -0.25) is 9.59 Å². The van der Waals surface area contributed by atoms with E-state index in [2.05, 4.69) is 13.8 Å². The highest BCUT2D eigenvalue weighted by atomic mass is 16.6. The molecule has 7 atom stereocenters. The van der Waals surface area contributed by atoms with Gasteiger partial charge in [0.05, 0.1) is 6.10 Å². The molecule has 0 aromatic heterocycles. The number of unbranched alkanes of at least 4 members (excludes halogenated alkanes) is 7. The number of cyclic esters (lactones) is 1. The summed E-state index contributed by atoms with van der Waals surface area (Å²) >= 11 is 0. The molecule has 0 radical (unpaired) electrons. The second kappa shape index (κ2) is 20.3. The normalized spacial score (nSPS) is 22.5. The Kier molecular flexibility index (Phi) is 18.1. The molecule has 250 valence electrons. The first-order valence-corrected chi connectivity index (χ1v) is 16.2. The molecule has 0 spiro atoms. The molecule has 0 amide bonds. The lowest BCUT2D eigenvalue weighted by Gasteiger charge is -2.32.